The molecule has 0 heterocycles. The molecule has 3 aromatic carbocycles. The number of ether oxygens (including phenoxy) is 2. The average molecular weight is 439 g/mol. The average Bonchev–Trinajstić information content (AvgIpc) is 2.74. The van der Waals surface area contributed by atoms with Gasteiger partial charge in [0.25, 0.3) is 5.91 Å². The van der Waals surface area contributed by atoms with Crippen LogP contribution < -0.4 is 14.9 Å². The van der Waals surface area contributed by atoms with Crippen LogP contribution in [0.5, 0.6) is 11.5 Å². The summed E-state index contributed by atoms with van der Waals surface area (Å²) in [4.78, 5) is 12.2. The molecule has 1 N–H and O–H groups in total. The molecule has 0 fully saturated rings. The summed E-state index contributed by atoms with van der Waals surface area (Å²) >= 11 is 3.43. The predicted molar refractivity (Wildman–Crippen MR) is 113 cm³/mol. The van der Waals surface area contributed by atoms with Gasteiger partial charge in [0.05, 0.1) is 13.3 Å². The maximum Gasteiger partial charge on any atom is 0.271 e. The van der Waals surface area contributed by atoms with E-state index in [-0.39, 0.29) is 5.91 Å². The number of carbonyl (C=O) groups is 1. The summed E-state index contributed by atoms with van der Waals surface area (Å²) in [5.74, 6) is 1.18. The first-order valence-corrected chi connectivity index (χ1v) is 9.39. The summed E-state index contributed by atoms with van der Waals surface area (Å²) in [6.45, 7) is 0.416. The van der Waals surface area contributed by atoms with Gasteiger partial charge in [-0.2, -0.15) is 5.10 Å². The number of nitrogens with one attached hydrogen (secondary N) is 1. The van der Waals surface area contributed by atoms with Crippen LogP contribution in [0.25, 0.3) is 0 Å². The van der Waals surface area contributed by atoms with E-state index < -0.39 is 0 Å². The molecule has 0 aromatic heterocycles. The third-order valence-electron chi connectivity index (χ3n) is 3.93. The molecule has 0 unspecified atom stereocenters. The van der Waals surface area contributed by atoms with E-state index >= 15 is 0 Å². The van der Waals surface area contributed by atoms with Gasteiger partial charge in [-0.05, 0) is 48.0 Å². The van der Waals surface area contributed by atoms with Gasteiger partial charge in [-0.25, -0.2) is 5.43 Å². The van der Waals surface area contributed by atoms with Gasteiger partial charge in [-0.15, -0.1) is 0 Å². The number of nitrogens with zero attached hydrogens (tertiary/aromatic N) is 1. The lowest BCUT2D eigenvalue weighted by molar-refractivity contribution is 0.0955. The quantitative estimate of drug-likeness (QED) is 0.425. The van der Waals surface area contributed by atoms with Crippen molar-refractivity contribution < 1.29 is 14.3 Å². The molecular formula is C22H19BrN2O3. The topological polar surface area (TPSA) is 59.9 Å². The Morgan fingerprint density at radius 3 is 2.57 bits per heavy atom. The molecule has 3 rings (SSSR count). The van der Waals surface area contributed by atoms with Gasteiger partial charge >= 0.3 is 0 Å². The molecule has 0 atom stereocenters. The van der Waals surface area contributed by atoms with Crippen LogP contribution in [0, 0.1) is 0 Å². The lowest BCUT2D eigenvalue weighted by atomic mass is 10.2. The first kappa shape index (κ1) is 19.6. The number of hydrazone groups is 1. The highest BCUT2D eigenvalue weighted by molar-refractivity contribution is 9.10. The number of methoxy groups -OCH3 is 1. The van der Waals surface area contributed by atoms with Crippen molar-refractivity contribution in [3.8, 4) is 11.5 Å². The minimum absolute atomic E-state index is 0.289. The van der Waals surface area contributed by atoms with Gasteiger partial charge < -0.3 is 9.47 Å². The molecule has 28 heavy (non-hydrogen) atoms. The number of hydrogen-bond acceptors (Lipinski definition) is 4. The van der Waals surface area contributed by atoms with Crippen molar-refractivity contribution in [1.29, 1.82) is 0 Å². The minimum Gasteiger partial charge on any atom is -0.497 e. The van der Waals surface area contributed by atoms with Gasteiger partial charge in [0.1, 0.15) is 18.1 Å². The zero-order valence-electron chi connectivity index (χ0n) is 15.3. The lowest BCUT2D eigenvalue weighted by Crippen LogP contribution is -2.17. The summed E-state index contributed by atoms with van der Waals surface area (Å²) in [6.07, 6.45) is 1.59. The van der Waals surface area contributed by atoms with E-state index in [0.717, 1.165) is 21.3 Å². The third-order valence-corrected chi connectivity index (χ3v) is 4.65. The Hall–Kier alpha value is -3.12. The Labute approximate surface area is 172 Å². The smallest absolute Gasteiger partial charge is 0.271 e. The van der Waals surface area contributed by atoms with Gasteiger partial charge in [0, 0.05) is 15.6 Å². The van der Waals surface area contributed by atoms with E-state index in [1.54, 1.807) is 37.6 Å². The number of hydrogen-bond donors (Lipinski definition) is 1. The zero-order valence-corrected chi connectivity index (χ0v) is 16.8. The van der Waals surface area contributed by atoms with Crippen molar-refractivity contribution in [3.05, 3.63) is 94.0 Å². The van der Waals surface area contributed by atoms with Crippen LogP contribution in [0.15, 0.2) is 82.4 Å². The number of halogens is 1. The van der Waals surface area contributed by atoms with E-state index in [2.05, 4.69) is 26.5 Å². The molecule has 0 spiro atoms. The van der Waals surface area contributed by atoms with Crippen molar-refractivity contribution in [1.82, 2.24) is 5.43 Å². The number of benzene rings is 3. The lowest BCUT2D eigenvalue weighted by Gasteiger charge is -2.08. The number of carbonyl (C=O) groups excluding carboxylic acids is 1. The predicted octanol–water partition coefficient (Wildman–Crippen LogP) is 4.80. The molecule has 5 nitrogen and oxygen atoms in total. The fraction of sp³-hybridized carbons (Fsp3) is 0.0909. The van der Waals surface area contributed by atoms with Gasteiger partial charge in [0.15, 0.2) is 0 Å². The normalized spacial score (nSPS) is 10.6. The Bertz CT molecular complexity index is 972. The molecule has 142 valence electrons. The maximum atomic E-state index is 12.2. The summed E-state index contributed by atoms with van der Waals surface area (Å²) < 4.78 is 11.9. The molecule has 0 saturated heterocycles. The maximum absolute atomic E-state index is 12.2. The molecule has 6 heteroatoms. The van der Waals surface area contributed by atoms with Crippen LogP contribution in [0.3, 0.4) is 0 Å². The Morgan fingerprint density at radius 1 is 1.04 bits per heavy atom. The van der Waals surface area contributed by atoms with E-state index in [1.165, 1.54) is 0 Å². The molecule has 0 aliphatic heterocycles. The fourth-order valence-corrected chi connectivity index (χ4v) is 2.82. The second-order valence-electron chi connectivity index (χ2n) is 5.89. The Morgan fingerprint density at radius 2 is 1.82 bits per heavy atom. The Kier molecular flexibility index (Phi) is 6.81. The molecule has 0 aliphatic rings. The summed E-state index contributed by atoms with van der Waals surface area (Å²) in [7, 11) is 1.63. The van der Waals surface area contributed by atoms with Crippen molar-refractivity contribution in [2.24, 2.45) is 5.10 Å². The summed E-state index contributed by atoms with van der Waals surface area (Å²) in [5, 5.41) is 4.00. The molecule has 0 radical (unpaired) electrons. The SMILES string of the molecule is COc1cccc(COc2ccc(C(=O)N/N=C/c3ccccc3Br)cc2)c1. The van der Waals surface area contributed by atoms with Crippen LogP contribution in [-0.2, 0) is 6.61 Å². The van der Waals surface area contributed by atoms with Gasteiger partial charge in [-0.1, -0.05) is 46.3 Å². The van der Waals surface area contributed by atoms with Crippen molar-refractivity contribution in [3.63, 3.8) is 0 Å². The molecule has 0 bridgehead atoms. The highest BCUT2D eigenvalue weighted by Crippen LogP contribution is 2.17. The highest BCUT2D eigenvalue weighted by atomic mass is 79.9. The van der Waals surface area contributed by atoms with Crippen LogP contribution in [-0.4, -0.2) is 19.2 Å². The molecule has 1 amide bonds. The van der Waals surface area contributed by atoms with Gasteiger partial charge in [0.2, 0.25) is 0 Å². The molecule has 0 saturated carbocycles. The monoisotopic (exact) mass is 438 g/mol. The van der Waals surface area contributed by atoms with Crippen LogP contribution in [0.1, 0.15) is 21.5 Å². The zero-order chi connectivity index (χ0) is 19.8. The number of amides is 1. The first-order chi connectivity index (χ1) is 13.7. The van der Waals surface area contributed by atoms with Crippen LogP contribution in [0.4, 0.5) is 0 Å². The van der Waals surface area contributed by atoms with E-state index in [1.807, 2.05) is 48.5 Å². The Balaban J connectivity index is 1.54. The molecule has 3 aromatic rings. The second-order valence-corrected chi connectivity index (χ2v) is 6.74. The standard InChI is InChI=1S/C22H19BrN2O3/c1-27-20-7-4-5-16(13-20)15-28-19-11-9-17(10-12-19)22(26)25-24-14-18-6-2-3-8-21(18)23/h2-14H,15H2,1H3,(H,25,26)/b24-14+. The molecular weight excluding hydrogens is 420 g/mol. The highest BCUT2D eigenvalue weighted by Gasteiger charge is 2.05. The molecule has 0 aliphatic carbocycles. The second kappa shape index (κ2) is 9.71. The first-order valence-electron chi connectivity index (χ1n) is 8.59. The minimum atomic E-state index is -0.289. The van der Waals surface area contributed by atoms with Crippen LogP contribution >= 0.6 is 15.9 Å². The number of rotatable bonds is 7. The fourth-order valence-electron chi connectivity index (χ4n) is 2.44. The van der Waals surface area contributed by atoms with E-state index in [0.29, 0.717) is 17.9 Å². The largest absolute Gasteiger partial charge is 0.497 e. The van der Waals surface area contributed by atoms with E-state index in [9.17, 15) is 4.79 Å². The summed E-state index contributed by atoms with van der Waals surface area (Å²) in [5.41, 5.74) is 4.90. The van der Waals surface area contributed by atoms with E-state index in [4.69, 9.17) is 9.47 Å². The van der Waals surface area contributed by atoms with Crippen LogP contribution in [0.2, 0.25) is 0 Å². The van der Waals surface area contributed by atoms with Crippen molar-refractivity contribution in [2.75, 3.05) is 7.11 Å². The van der Waals surface area contributed by atoms with Crippen molar-refractivity contribution >= 4 is 28.1 Å². The third kappa shape index (κ3) is 5.44. The van der Waals surface area contributed by atoms with Crippen molar-refractivity contribution in [2.45, 2.75) is 6.61 Å². The summed E-state index contributed by atoms with van der Waals surface area (Å²) in [6, 6.07) is 22.2. The van der Waals surface area contributed by atoms with Gasteiger partial charge in [-0.3, -0.25) is 4.79 Å².